The molecule has 0 aromatic heterocycles. The summed E-state index contributed by atoms with van der Waals surface area (Å²) >= 11 is 0. The summed E-state index contributed by atoms with van der Waals surface area (Å²) in [5.41, 5.74) is 1.56. The van der Waals surface area contributed by atoms with Crippen molar-refractivity contribution in [3.63, 3.8) is 0 Å². The summed E-state index contributed by atoms with van der Waals surface area (Å²) in [6.07, 6.45) is 0. The molecule has 146 valence electrons. The molecule has 0 atom stereocenters. The lowest BCUT2D eigenvalue weighted by molar-refractivity contribution is 0.260. The van der Waals surface area contributed by atoms with E-state index in [1.165, 1.54) is 18.2 Å². The first-order chi connectivity index (χ1) is 12.9. The fourth-order valence-electron chi connectivity index (χ4n) is 2.69. The smallest absolute Gasteiger partial charge is 0.323 e. The predicted molar refractivity (Wildman–Crippen MR) is 97.3 cm³/mol. The largest absolute Gasteiger partial charge is 0.507 e. The van der Waals surface area contributed by atoms with Gasteiger partial charge in [-0.1, -0.05) is 0 Å². The van der Waals surface area contributed by atoms with Crippen molar-refractivity contribution in [3.05, 3.63) is 46.0 Å². The Bertz CT molecular complexity index is 827. The maximum atomic E-state index is 12.3. The molecule has 27 heavy (non-hydrogen) atoms. The second-order valence-electron chi connectivity index (χ2n) is 5.89. The summed E-state index contributed by atoms with van der Waals surface area (Å²) < 4.78 is 0. The molecule has 2 rings (SSSR count). The van der Waals surface area contributed by atoms with Gasteiger partial charge in [-0.15, -0.1) is 0 Å². The number of amides is 2. The average molecular weight is 378 g/mol. The van der Waals surface area contributed by atoms with Gasteiger partial charge in [-0.05, 0) is 30.7 Å². The first-order valence-corrected chi connectivity index (χ1v) is 8.06. The molecule has 0 aliphatic carbocycles. The van der Waals surface area contributed by atoms with E-state index in [9.17, 15) is 35.4 Å². The number of urea groups is 1. The number of rotatable bonds is 6. The maximum Gasteiger partial charge on any atom is 0.323 e. The number of aliphatic hydroxyl groups excluding tert-OH is 4. The highest BCUT2D eigenvalue weighted by Crippen LogP contribution is 2.32. The Morgan fingerprint density at radius 2 is 1.33 bits per heavy atom. The molecule has 0 heterocycles. The summed E-state index contributed by atoms with van der Waals surface area (Å²) in [7, 11) is 0. The van der Waals surface area contributed by atoms with E-state index in [4.69, 9.17) is 0 Å². The molecular weight excluding hydrogens is 356 g/mol. The molecule has 0 saturated heterocycles. The lowest BCUT2D eigenvalue weighted by Gasteiger charge is -2.17. The molecule has 8 N–H and O–H groups in total. The standard InChI is InChI=1S/C18H22N2O7/c1-9-14(8-24)17(26)12(7-23)4-15(9)20-18(27)19-13-2-10(5-21)16(25)11(3-13)6-22/h2-4,21-26H,5-8H2,1H3,(H2,19,20,27). The van der Waals surface area contributed by atoms with Crippen LogP contribution in [0.4, 0.5) is 16.2 Å². The number of aromatic hydroxyl groups is 2. The van der Waals surface area contributed by atoms with Crippen molar-refractivity contribution in [3.8, 4) is 11.5 Å². The zero-order valence-corrected chi connectivity index (χ0v) is 14.7. The van der Waals surface area contributed by atoms with Crippen molar-refractivity contribution >= 4 is 17.4 Å². The first kappa shape index (κ1) is 20.5. The summed E-state index contributed by atoms with van der Waals surface area (Å²) in [6.45, 7) is -0.317. The van der Waals surface area contributed by atoms with Gasteiger partial charge in [0.2, 0.25) is 0 Å². The van der Waals surface area contributed by atoms with Gasteiger partial charge in [0.1, 0.15) is 11.5 Å². The third-order valence-corrected chi connectivity index (χ3v) is 4.21. The van der Waals surface area contributed by atoms with Crippen LogP contribution < -0.4 is 10.6 Å². The van der Waals surface area contributed by atoms with Gasteiger partial charge in [-0.2, -0.15) is 0 Å². The number of aliphatic hydroxyl groups is 4. The molecule has 0 fully saturated rings. The summed E-state index contributed by atoms with van der Waals surface area (Å²) in [5, 5.41) is 62.2. The third kappa shape index (κ3) is 4.29. The number of carbonyl (C=O) groups excluding carboxylic acids is 1. The Labute approximate surface area is 155 Å². The Morgan fingerprint density at radius 1 is 0.815 bits per heavy atom. The summed E-state index contributed by atoms with van der Waals surface area (Å²) in [4.78, 5) is 12.3. The molecule has 0 aliphatic heterocycles. The number of carbonyl (C=O) groups is 1. The Morgan fingerprint density at radius 3 is 1.81 bits per heavy atom. The predicted octanol–water partition coefficient (Wildman–Crippen LogP) is 1.02. The highest BCUT2D eigenvalue weighted by Gasteiger charge is 2.16. The molecule has 0 spiro atoms. The first-order valence-electron chi connectivity index (χ1n) is 8.06. The number of anilines is 2. The van der Waals surface area contributed by atoms with Gasteiger partial charge < -0.3 is 41.3 Å². The Kier molecular flexibility index (Phi) is 6.59. The van der Waals surface area contributed by atoms with Crippen LogP contribution >= 0.6 is 0 Å². The molecule has 0 radical (unpaired) electrons. The highest BCUT2D eigenvalue weighted by atomic mass is 16.3. The molecule has 0 unspecified atom stereocenters. The van der Waals surface area contributed by atoms with Crippen molar-refractivity contribution in [2.24, 2.45) is 0 Å². The number of hydrogen-bond donors (Lipinski definition) is 8. The van der Waals surface area contributed by atoms with Gasteiger partial charge in [-0.3, -0.25) is 0 Å². The lowest BCUT2D eigenvalue weighted by Crippen LogP contribution is -2.21. The van der Waals surface area contributed by atoms with Crippen LogP contribution in [0.5, 0.6) is 11.5 Å². The quantitative estimate of drug-likeness (QED) is 0.348. The van der Waals surface area contributed by atoms with E-state index >= 15 is 0 Å². The molecule has 9 heteroatoms. The second kappa shape index (κ2) is 8.69. The zero-order chi connectivity index (χ0) is 20.1. The maximum absolute atomic E-state index is 12.3. The van der Waals surface area contributed by atoms with E-state index in [0.717, 1.165) is 0 Å². The summed E-state index contributed by atoms with van der Waals surface area (Å²) in [6, 6.07) is 3.43. The molecule has 2 aromatic carbocycles. The van der Waals surface area contributed by atoms with E-state index in [1.54, 1.807) is 6.92 Å². The monoisotopic (exact) mass is 378 g/mol. The van der Waals surface area contributed by atoms with Crippen LogP contribution in [0.1, 0.15) is 27.8 Å². The van der Waals surface area contributed by atoms with E-state index in [2.05, 4.69) is 10.6 Å². The van der Waals surface area contributed by atoms with Crippen molar-refractivity contribution in [2.75, 3.05) is 10.6 Å². The van der Waals surface area contributed by atoms with Gasteiger partial charge in [0.05, 0.1) is 26.4 Å². The van der Waals surface area contributed by atoms with Gasteiger partial charge in [0, 0.05) is 33.6 Å². The molecule has 0 bridgehead atoms. The van der Waals surface area contributed by atoms with Crippen LogP contribution in [0.3, 0.4) is 0 Å². The number of benzene rings is 2. The van der Waals surface area contributed by atoms with Crippen LogP contribution in [0.25, 0.3) is 0 Å². The molecule has 9 nitrogen and oxygen atoms in total. The van der Waals surface area contributed by atoms with Gasteiger partial charge >= 0.3 is 6.03 Å². The van der Waals surface area contributed by atoms with Crippen LogP contribution in [0.15, 0.2) is 18.2 Å². The van der Waals surface area contributed by atoms with Crippen molar-refractivity contribution < 1.29 is 35.4 Å². The fraction of sp³-hybridized carbons (Fsp3) is 0.278. The van der Waals surface area contributed by atoms with Crippen molar-refractivity contribution in [1.82, 2.24) is 0 Å². The van der Waals surface area contributed by atoms with Gasteiger partial charge in [0.15, 0.2) is 0 Å². The van der Waals surface area contributed by atoms with E-state index < -0.39 is 32.5 Å². The third-order valence-electron chi connectivity index (χ3n) is 4.21. The molecule has 2 amide bonds. The van der Waals surface area contributed by atoms with Crippen LogP contribution in [-0.4, -0.2) is 36.7 Å². The topological polar surface area (TPSA) is 163 Å². The zero-order valence-electron chi connectivity index (χ0n) is 14.7. The summed E-state index contributed by atoms with van der Waals surface area (Å²) in [5.74, 6) is -0.484. The number of nitrogens with one attached hydrogen (secondary N) is 2. The number of hydrogen-bond acceptors (Lipinski definition) is 7. The molecular formula is C18H22N2O7. The SMILES string of the molecule is Cc1c(NC(=O)Nc2cc(CO)c(O)c(CO)c2)cc(CO)c(O)c1CO. The molecule has 2 aromatic rings. The van der Waals surface area contributed by atoms with Crippen molar-refractivity contribution in [2.45, 2.75) is 33.4 Å². The van der Waals surface area contributed by atoms with Crippen LogP contribution in [-0.2, 0) is 26.4 Å². The minimum Gasteiger partial charge on any atom is -0.507 e. The average Bonchev–Trinajstić information content (AvgIpc) is 2.65. The normalized spacial score (nSPS) is 10.7. The fourth-order valence-corrected chi connectivity index (χ4v) is 2.69. The number of phenols is 2. The Hall–Kier alpha value is -2.85. The van der Waals surface area contributed by atoms with Crippen LogP contribution in [0.2, 0.25) is 0 Å². The van der Waals surface area contributed by atoms with Crippen LogP contribution in [0, 0.1) is 6.92 Å². The van der Waals surface area contributed by atoms with Gasteiger partial charge in [-0.25, -0.2) is 4.79 Å². The van der Waals surface area contributed by atoms with E-state index in [0.29, 0.717) is 5.56 Å². The van der Waals surface area contributed by atoms with Gasteiger partial charge in [0.25, 0.3) is 0 Å². The van der Waals surface area contributed by atoms with E-state index in [-0.39, 0.29) is 45.1 Å². The van der Waals surface area contributed by atoms with Crippen molar-refractivity contribution in [1.29, 1.82) is 0 Å². The molecule has 0 aliphatic rings. The van der Waals surface area contributed by atoms with E-state index in [1.807, 2.05) is 0 Å². The molecule has 0 saturated carbocycles. The lowest BCUT2D eigenvalue weighted by atomic mass is 10.0. The second-order valence-corrected chi connectivity index (χ2v) is 5.89. The highest BCUT2D eigenvalue weighted by molar-refractivity contribution is 6.00. The minimum atomic E-state index is -0.671. The Balaban J connectivity index is 2.29. The minimum absolute atomic E-state index is 0.141.